The van der Waals surface area contributed by atoms with E-state index in [9.17, 15) is 9.59 Å². The number of hydrogen-bond acceptors (Lipinski definition) is 4. The zero-order valence-corrected chi connectivity index (χ0v) is 15.0. The molecule has 1 unspecified atom stereocenters. The first-order valence-electron chi connectivity index (χ1n) is 8.35. The monoisotopic (exact) mass is 351 g/mol. The Labute approximate surface area is 151 Å². The van der Waals surface area contributed by atoms with Crippen molar-refractivity contribution in [3.8, 4) is 5.75 Å². The van der Waals surface area contributed by atoms with Crippen molar-refractivity contribution in [3.05, 3.63) is 70.6 Å². The van der Waals surface area contributed by atoms with Gasteiger partial charge in [0.1, 0.15) is 12.3 Å². The summed E-state index contributed by atoms with van der Waals surface area (Å²) in [5.41, 5.74) is 0.724. The zero-order chi connectivity index (χ0) is 18.7. The van der Waals surface area contributed by atoms with Gasteiger partial charge in [-0.2, -0.15) is 5.10 Å². The fraction of sp³-hybridized carbons (Fsp3) is 0.250. The van der Waals surface area contributed by atoms with E-state index in [0.717, 1.165) is 16.7 Å². The highest BCUT2D eigenvalue weighted by Gasteiger charge is 2.19. The second-order valence-electron chi connectivity index (χ2n) is 6.15. The van der Waals surface area contributed by atoms with Crippen LogP contribution in [-0.2, 0) is 11.3 Å². The number of nitrogens with zero attached hydrogens (tertiary/aromatic N) is 3. The maximum absolute atomic E-state index is 12.6. The van der Waals surface area contributed by atoms with E-state index >= 15 is 0 Å². The minimum atomic E-state index is -0.262. The lowest BCUT2D eigenvalue weighted by Gasteiger charge is -2.25. The number of likely N-dealkylation sites (N-methyl/N-ethyl adjacent to an activating group) is 1. The van der Waals surface area contributed by atoms with Crippen molar-refractivity contribution < 1.29 is 9.53 Å². The first-order chi connectivity index (χ1) is 12.5. The lowest BCUT2D eigenvalue weighted by Crippen LogP contribution is -2.36. The van der Waals surface area contributed by atoms with Crippen LogP contribution in [0.3, 0.4) is 0 Å². The Morgan fingerprint density at radius 3 is 2.58 bits per heavy atom. The number of benzene rings is 2. The molecule has 0 aliphatic heterocycles. The number of aromatic nitrogens is 2. The number of carbonyl (C=O) groups is 1. The van der Waals surface area contributed by atoms with E-state index in [2.05, 4.69) is 5.10 Å². The van der Waals surface area contributed by atoms with Gasteiger partial charge < -0.3 is 9.64 Å². The molecule has 0 spiro atoms. The van der Waals surface area contributed by atoms with Gasteiger partial charge in [-0.1, -0.05) is 30.3 Å². The van der Waals surface area contributed by atoms with Crippen LogP contribution in [0.15, 0.2) is 59.5 Å². The Hall–Kier alpha value is -3.15. The molecule has 6 nitrogen and oxygen atoms in total. The van der Waals surface area contributed by atoms with Crippen molar-refractivity contribution in [2.45, 2.75) is 19.5 Å². The van der Waals surface area contributed by atoms with E-state index < -0.39 is 0 Å². The Morgan fingerprint density at radius 1 is 1.19 bits per heavy atom. The average molecular weight is 351 g/mol. The SMILES string of the molecule is COc1ccc(C(C)N(C)C(=O)Cn2ncc3ccccc3c2=O)cc1. The molecule has 6 heteroatoms. The third-order valence-electron chi connectivity index (χ3n) is 4.62. The summed E-state index contributed by atoms with van der Waals surface area (Å²) in [6, 6.07) is 14.7. The highest BCUT2D eigenvalue weighted by Crippen LogP contribution is 2.21. The van der Waals surface area contributed by atoms with Crippen molar-refractivity contribution in [3.63, 3.8) is 0 Å². The lowest BCUT2D eigenvalue weighted by molar-refractivity contribution is -0.132. The van der Waals surface area contributed by atoms with Crippen LogP contribution >= 0.6 is 0 Å². The Balaban J connectivity index is 1.78. The van der Waals surface area contributed by atoms with Gasteiger partial charge in [-0.25, -0.2) is 4.68 Å². The number of methoxy groups -OCH3 is 1. The molecular formula is C20H21N3O3. The molecule has 3 aromatic rings. The van der Waals surface area contributed by atoms with Crippen LogP contribution < -0.4 is 10.3 Å². The van der Waals surface area contributed by atoms with Gasteiger partial charge in [0.2, 0.25) is 5.91 Å². The first kappa shape index (κ1) is 17.7. The minimum absolute atomic E-state index is 0.0966. The maximum Gasteiger partial charge on any atom is 0.275 e. The van der Waals surface area contributed by atoms with Crippen molar-refractivity contribution in [1.29, 1.82) is 0 Å². The van der Waals surface area contributed by atoms with E-state index in [4.69, 9.17) is 4.74 Å². The molecule has 0 aliphatic rings. The first-order valence-corrected chi connectivity index (χ1v) is 8.35. The van der Waals surface area contributed by atoms with E-state index in [1.807, 2.05) is 43.3 Å². The van der Waals surface area contributed by atoms with Crippen molar-refractivity contribution in [2.75, 3.05) is 14.2 Å². The van der Waals surface area contributed by atoms with Crippen LogP contribution in [0, 0.1) is 0 Å². The maximum atomic E-state index is 12.6. The molecule has 2 aromatic carbocycles. The zero-order valence-electron chi connectivity index (χ0n) is 15.0. The van der Waals surface area contributed by atoms with Gasteiger partial charge in [0, 0.05) is 12.4 Å². The Bertz CT molecular complexity index is 980. The molecule has 3 rings (SSSR count). The van der Waals surface area contributed by atoms with Crippen LogP contribution in [0.1, 0.15) is 18.5 Å². The van der Waals surface area contributed by atoms with Crippen LogP contribution in [0.2, 0.25) is 0 Å². The van der Waals surface area contributed by atoms with Gasteiger partial charge in [-0.15, -0.1) is 0 Å². The summed E-state index contributed by atoms with van der Waals surface area (Å²) in [6.07, 6.45) is 1.61. The Morgan fingerprint density at radius 2 is 1.88 bits per heavy atom. The second kappa shape index (κ2) is 7.39. The predicted octanol–water partition coefficient (Wildman–Crippen LogP) is 2.62. The van der Waals surface area contributed by atoms with Crippen molar-refractivity contribution >= 4 is 16.7 Å². The summed E-state index contributed by atoms with van der Waals surface area (Å²) in [7, 11) is 3.34. The normalized spacial score (nSPS) is 12.0. The topological polar surface area (TPSA) is 64.4 Å². The standard InChI is InChI=1S/C20H21N3O3/c1-14(15-8-10-17(26-3)11-9-15)22(2)19(24)13-23-20(25)18-7-5-4-6-16(18)12-21-23/h4-12,14H,13H2,1-3H3. The van der Waals surface area contributed by atoms with E-state index in [0.29, 0.717) is 5.39 Å². The van der Waals surface area contributed by atoms with Crippen molar-refractivity contribution in [1.82, 2.24) is 14.7 Å². The number of hydrogen-bond donors (Lipinski definition) is 0. The molecule has 0 radical (unpaired) electrons. The molecule has 26 heavy (non-hydrogen) atoms. The molecule has 1 amide bonds. The van der Waals surface area contributed by atoms with Gasteiger partial charge in [-0.3, -0.25) is 9.59 Å². The minimum Gasteiger partial charge on any atom is -0.497 e. The van der Waals surface area contributed by atoms with Gasteiger partial charge >= 0.3 is 0 Å². The molecule has 134 valence electrons. The quantitative estimate of drug-likeness (QED) is 0.709. The third kappa shape index (κ3) is 3.44. The van der Waals surface area contributed by atoms with Crippen molar-refractivity contribution in [2.24, 2.45) is 0 Å². The van der Waals surface area contributed by atoms with Crippen LogP contribution in [-0.4, -0.2) is 34.7 Å². The number of carbonyl (C=O) groups excluding carboxylic acids is 1. The molecule has 1 atom stereocenters. The molecule has 1 heterocycles. The Kier molecular flexibility index (Phi) is 5.02. The van der Waals surface area contributed by atoms with Crippen LogP contribution in [0.4, 0.5) is 0 Å². The summed E-state index contributed by atoms with van der Waals surface area (Å²) >= 11 is 0. The van der Waals surface area contributed by atoms with E-state index in [1.54, 1.807) is 37.4 Å². The summed E-state index contributed by atoms with van der Waals surface area (Å²) in [5.74, 6) is 0.583. The number of rotatable bonds is 5. The smallest absolute Gasteiger partial charge is 0.275 e. The number of fused-ring (bicyclic) bond motifs is 1. The fourth-order valence-corrected chi connectivity index (χ4v) is 2.80. The van der Waals surface area contributed by atoms with Gasteiger partial charge in [0.25, 0.3) is 5.56 Å². The van der Waals surface area contributed by atoms with Crippen LogP contribution in [0.5, 0.6) is 5.75 Å². The second-order valence-corrected chi connectivity index (χ2v) is 6.15. The van der Waals surface area contributed by atoms with Crippen LogP contribution in [0.25, 0.3) is 10.8 Å². The number of amides is 1. The highest BCUT2D eigenvalue weighted by atomic mass is 16.5. The molecule has 1 aromatic heterocycles. The van der Waals surface area contributed by atoms with E-state index in [1.165, 1.54) is 4.68 Å². The predicted molar refractivity (Wildman–Crippen MR) is 100 cm³/mol. The summed E-state index contributed by atoms with van der Waals surface area (Å²) in [4.78, 5) is 26.8. The fourth-order valence-electron chi connectivity index (χ4n) is 2.80. The van der Waals surface area contributed by atoms with E-state index in [-0.39, 0.29) is 24.1 Å². The number of ether oxygens (including phenoxy) is 1. The molecule has 0 N–H and O–H groups in total. The largest absolute Gasteiger partial charge is 0.497 e. The molecule has 0 bridgehead atoms. The summed E-state index contributed by atoms with van der Waals surface area (Å²) in [6.45, 7) is 1.84. The highest BCUT2D eigenvalue weighted by molar-refractivity contribution is 5.81. The summed E-state index contributed by atoms with van der Waals surface area (Å²) in [5, 5.41) is 5.45. The average Bonchev–Trinajstić information content (AvgIpc) is 2.69. The van der Waals surface area contributed by atoms with Gasteiger partial charge in [0.15, 0.2) is 0 Å². The molecule has 0 aliphatic carbocycles. The molecule has 0 saturated carbocycles. The third-order valence-corrected chi connectivity index (χ3v) is 4.62. The summed E-state index contributed by atoms with van der Waals surface area (Å²) < 4.78 is 6.37. The molecule has 0 fully saturated rings. The van der Waals surface area contributed by atoms with Gasteiger partial charge in [0.05, 0.1) is 24.7 Å². The lowest BCUT2D eigenvalue weighted by atomic mass is 10.1. The molecule has 0 saturated heterocycles. The van der Waals surface area contributed by atoms with Gasteiger partial charge in [-0.05, 0) is 30.7 Å². The molecular weight excluding hydrogens is 330 g/mol.